The van der Waals surface area contributed by atoms with Crippen LogP contribution in [-0.2, 0) is 20.1 Å². The molecule has 1 fully saturated rings. The van der Waals surface area contributed by atoms with Gasteiger partial charge in [0.2, 0.25) is 5.79 Å². The number of amides is 1. The summed E-state index contributed by atoms with van der Waals surface area (Å²) in [5.74, 6) is -0.654. The summed E-state index contributed by atoms with van der Waals surface area (Å²) in [4.78, 5) is 17.4. The third kappa shape index (κ3) is 3.12. The molecule has 146 valence electrons. The topological polar surface area (TPSA) is 57.1 Å². The maximum atomic E-state index is 13.0. The summed E-state index contributed by atoms with van der Waals surface area (Å²) in [5.41, 5.74) is 2.43. The van der Waals surface area contributed by atoms with Gasteiger partial charge in [0.25, 0.3) is 5.91 Å². The van der Waals surface area contributed by atoms with Crippen LogP contribution in [0.5, 0.6) is 5.75 Å². The molecule has 5 heteroatoms. The van der Waals surface area contributed by atoms with E-state index in [-0.39, 0.29) is 12.3 Å². The maximum absolute atomic E-state index is 13.0. The van der Waals surface area contributed by atoms with E-state index in [4.69, 9.17) is 14.2 Å². The molecule has 2 heterocycles. The Morgan fingerprint density at radius 3 is 2.55 bits per heavy atom. The number of carbonyl (C=O) groups excluding carboxylic acids is 1. The Kier molecular flexibility index (Phi) is 4.42. The largest absolute Gasteiger partial charge is 0.480 e. The smallest absolute Gasteiger partial charge is 0.287 e. The molecule has 2 aliphatic rings. The Labute approximate surface area is 168 Å². The van der Waals surface area contributed by atoms with Crippen molar-refractivity contribution in [1.82, 2.24) is 0 Å². The van der Waals surface area contributed by atoms with Crippen molar-refractivity contribution in [2.24, 2.45) is 4.99 Å². The average Bonchev–Trinajstić information content (AvgIpc) is 3.22. The van der Waals surface area contributed by atoms with Crippen LogP contribution >= 0.6 is 0 Å². The van der Waals surface area contributed by atoms with Crippen LogP contribution in [0.25, 0.3) is 10.8 Å². The number of nitrogens with zero attached hydrogens (tertiary/aromatic N) is 1. The molecule has 5 nitrogen and oxygen atoms in total. The molecule has 1 spiro atoms. The molecule has 0 N–H and O–H groups in total. The van der Waals surface area contributed by atoms with Crippen LogP contribution in [0.2, 0.25) is 0 Å². The number of ether oxygens (including phenoxy) is 3. The van der Waals surface area contributed by atoms with E-state index in [9.17, 15) is 4.79 Å². The highest BCUT2D eigenvalue weighted by Crippen LogP contribution is 2.45. The number of hydrogen-bond acceptors (Lipinski definition) is 4. The Balaban J connectivity index is 1.48. The highest BCUT2D eigenvalue weighted by atomic mass is 16.7. The highest BCUT2D eigenvalue weighted by molar-refractivity contribution is 6.13. The lowest BCUT2D eigenvalue weighted by Gasteiger charge is -2.36. The second-order valence-electron chi connectivity index (χ2n) is 7.32. The van der Waals surface area contributed by atoms with Gasteiger partial charge in [0.15, 0.2) is 6.10 Å². The molecule has 0 radical (unpaired) electrons. The zero-order valence-electron chi connectivity index (χ0n) is 16.1. The Hall–Kier alpha value is -3.02. The fraction of sp³-hybridized carbons (Fsp3) is 0.250. The van der Waals surface area contributed by atoms with E-state index < -0.39 is 11.9 Å². The lowest BCUT2D eigenvalue weighted by Crippen LogP contribution is -2.42. The Morgan fingerprint density at radius 2 is 1.69 bits per heavy atom. The summed E-state index contributed by atoms with van der Waals surface area (Å²) in [7, 11) is 0. The number of aliphatic imine (C=N–C) groups is 1. The lowest BCUT2D eigenvalue weighted by atomic mass is 9.94. The molecular weight excluding hydrogens is 366 g/mol. The van der Waals surface area contributed by atoms with Crippen molar-refractivity contribution in [2.45, 2.75) is 25.2 Å². The summed E-state index contributed by atoms with van der Waals surface area (Å²) in [6.45, 7) is 2.84. The van der Waals surface area contributed by atoms with Gasteiger partial charge in [0.1, 0.15) is 5.75 Å². The van der Waals surface area contributed by atoms with Gasteiger partial charge in [-0.15, -0.1) is 0 Å². The molecule has 0 unspecified atom stereocenters. The highest BCUT2D eigenvalue weighted by Gasteiger charge is 2.48. The molecule has 0 saturated carbocycles. The molecule has 3 aromatic rings. The van der Waals surface area contributed by atoms with Crippen molar-refractivity contribution in [3.05, 3.63) is 77.9 Å². The van der Waals surface area contributed by atoms with E-state index in [1.807, 2.05) is 73.7 Å². The van der Waals surface area contributed by atoms with Crippen molar-refractivity contribution in [1.29, 1.82) is 0 Å². The Bertz CT molecular complexity index is 1110. The standard InChI is InChI=1S/C24H21NO4/c1-16(18-10-6-8-17-7-2-3-9-19(17)18)25-23(26)22-15-24(27-13-14-28-24)20-11-4-5-12-21(20)29-22/h2-12,22H,13-15H2,1H3/b25-16+/t22-/m1/s1. The van der Waals surface area contributed by atoms with Gasteiger partial charge in [-0.25, -0.2) is 4.99 Å². The quantitative estimate of drug-likeness (QED) is 0.618. The van der Waals surface area contributed by atoms with E-state index >= 15 is 0 Å². The molecule has 0 bridgehead atoms. The minimum absolute atomic E-state index is 0.287. The first-order valence-electron chi connectivity index (χ1n) is 9.78. The van der Waals surface area contributed by atoms with Gasteiger partial charge in [-0.1, -0.05) is 54.6 Å². The molecule has 2 aliphatic heterocycles. The summed E-state index contributed by atoms with van der Waals surface area (Å²) in [6, 6.07) is 21.6. The molecule has 3 aromatic carbocycles. The predicted molar refractivity (Wildman–Crippen MR) is 110 cm³/mol. The second kappa shape index (κ2) is 7.10. The molecule has 0 aromatic heterocycles. The maximum Gasteiger partial charge on any atom is 0.287 e. The van der Waals surface area contributed by atoms with E-state index in [1.165, 1.54) is 0 Å². The number of benzene rings is 3. The van der Waals surface area contributed by atoms with Gasteiger partial charge in [-0.2, -0.15) is 0 Å². The lowest BCUT2D eigenvalue weighted by molar-refractivity contribution is -0.195. The second-order valence-corrected chi connectivity index (χ2v) is 7.32. The zero-order chi connectivity index (χ0) is 19.8. The third-order valence-corrected chi connectivity index (χ3v) is 5.51. The minimum Gasteiger partial charge on any atom is -0.480 e. The molecule has 1 atom stereocenters. The van der Waals surface area contributed by atoms with Crippen molar-refractivity contribution in [3.63, 3.8) is 0 Å². The zero-order valence-corrected chi connectivity index (χ0v) is 16.1. The third-order valence-electron chi connectivity index (χ3n) is 5.51. The van der Waals surface area contributed by atoms with Gasteiger partial charge in [0, 0.05) is 11.3 Å². The first kappa shape index (κ1) is 18.0. The van der Waals surface area contributed by atoms with Gasteiger partial charge >= 0.3 is 0 Å². The van der Waals surface area contributed by atoms with E-state index in [0.29, 0.717) is 24.7 Å². The van der Waals surface area contributed by atoms with Gasteiger partial charge in [0.05, 0.1) is 25.2 Å². The fourth-order valence-corrected chi connectivity index (χ4v) is 4.14. The minimum atomic E-state index is -0.933. The van der Waals surface area contributed by atoms with Gasteiger partial charge in [-0.3, -0.25) is 4.79 Å². The summed E-state index contributed by atoms with van der Waals surface area (Å²) in [6.07, 6.45) is -0.470. The molecule has 5 rings (SSSR count). The number of hydrogen-bond donors (Lipinski definition) is 0. The van der Waals surface area contributed by atoms with Crippen molar-refractivity contribution >= 4 is 22.4 Å². The van der Waals surface area contributed by atoms with Crippen LogP contribution < -0.4 is 4.74 Å². The van der Waals surface area contributed by atoms with Crippen LogP contribution in [-0.4, -0.2) is 30.9 Å². The molecule has 1 saturated heterocycles. The number of fused-ring (bicyclic) bond motifs is 3. The normalized spacial score (nSPS) is 20.4. The van der Waals surface area contributed by atoms with Crippen LogP contribution in [0.15, 0.2) is 71.7 Å². The van der Waals surface area contributed by atoms with Gasteiger partial charge < -0.3 is 14.2 Å². The average molecular weight is 387 g/mol. The SMILES string of the molecule is C/C(=N\C(=O)[C@H]1CC2(OCCO2)c2ccccc2O1)c1cccc2ccccc12. The number of rotatable bonds is 2. The number of carbonyl (C=O) groups is 1. The first-order chi connectivity index (χ1) is 14.2. The van der Waals surface area contributed by atoms with Crippen molar-refractivity contribution < 1.29 is 19.0 Å². The summed E-state index contributed by atoms with van der Waals surface area (Å²) >= 11 is 0. The van der Waals surface area contributed by atoms with Crippen molar-refractivity contribution in [3.8, 4) is 5.75 Å². The molecular formula is C24H21NO4. The van der Waals surface area contributed by atoms with E-state index in [0.717, 1.165) is 21.9 Å². The van der Waals surface area contributed by atoms with Crippen LogP contribution in [0, 0.1) is 0 Å². The Morgan fingerprint density at radius 1 is 0.966 bits per heavy atom. The van der Waals surface area contributed by atoms with Crippen molar-refractivity contribution in [2.75, 3.05) is 13.2 Å². The fourth-order valence-electron chi connectivity index (χ4n) is 4.14. The van der Waals surface area contributed by atoms with E-state index in [2.05, 4.69) is 4.99 Å². The summed E-state index contributed by atoms with van der Waals surface area (Å²) in [5, 5.41) is 2.18. The van der Waals surface area contributed by atoms with E-state index in [1.54, 1.807) is 0 Å². The molecule has 0 aliphatic carbocycles. The number of para-hydroxylation sites is 1. The van der Waals surface area contributed by atoms with Crippen LogP contribution in [0.3, 0.4) is 0 Å². The van der Waals surface area contributed by atoms with Crippen LogP contribution in [0.4, 0.5) is 0 Å². The molecule has 29 heavy (non-hydrogen) atoms. The van der Waals surface area contributed by atoms with Crippen LogP contribution in [0.1, 0.15) is 24.5 Å². The summed E-state index contributed by atoms with van der Waals surface area (Å²) < 4.78 is 17.9. The molecule has 1 amide bonds. The first-order valence-corrected chi connectivity index (χ1v) is 9.78. The van der Waals surface area contributed by atoms with Gasteiger partial charge in [-0.05, 0) is 29.8 Å². The predicted octanol–water partition coefficient (Wildman–Crippen LogP) is 4.23. The monoisotopic (exact) mass is 387 g/mol.